The van der Waals surface area contributed by atoms with Gasteiger partial charge in [0.25, 0.3) is 11.8 Å². The van der Waals surface area contributed by atoms with Crippen LogP contribution in [0.15, 0.2) is 72.8 Å². The summed E-state index contributed by atoms with van der Waals surface area (Å²) in [5.41, 5.74) is 2.67. The molecule has 0 aliphatic carbocycles. The Hall–Kier alpha value is -3.31. The first-order valence-electron chi connectivity index (χ1n) is 9.05. The van der Waals surface area contributed by atoms with Gasteiger partial charge in [-0.1, -0.05) is 41.9 Å². The normalized spacial score (nSPS) is 11.4. The number of carbonyl (C=O) groups excluding carboxylic acids is 2. The molecule has 0 bridgehead atoms. The topological polar surface area (TPSA) is 67.4 Å². The number of ether oxygens (including phenoxy) is 1. The maximum atomic E-state index is 13.0. The van der Waals surface area contributed by atoms with E-state index in [0.29, 0.717) is 27.6 Å². The van der Waals surface area contributed by atoms with E-state index >= 15 is 0 Å². The zero-order valence-electron chi connectivity index (χ0n) is 16.1. The number of aryl methyl sites for hydroxylation is 1. The van der Waals surface area contributed by atoms with E-state index in [2.05, 4.69) is 10.6 Å². The molecule has 0 aliphatic heterocycles. The lowest BCUT2D eigenvalue weighted by atomic mass is 10.0. The van der Waals surface area contributed by atoms with Gasteiger partial charge in [0, 0.05) is 16.3 Å². The van der Waals surface area contributed by atoms with Crippen molar-refractivity contribution in [3.8, 4) is 5.75 Å². The fourth-order valence-electron chi connectivity index (χ4n) is 2.83. The molecule has 2 amide bonds. The van der Waals surface area contributed by atoms with Crippen molar-refractivity contribution in [2.75, 3.05) is 12.4 Å². The predicted molar refractivity (Wildman–Crippen MR) is 114 cm³/mol. The average molecular weight is 409 g/mol. The number of para-hydroxylation sites is 1. The predicted octanol–water partition coefficient (Wildman–Crippen LogP) is 4.77. The number of halogens is 1. The molecule has 0 saturated heterocycles. The molecule has 5 nitrogen and oxygen atoms in total. The molecule has 0 spiro atoms. The molecule has 6 heteroatoms. The summed E-state index contributed by atoms with van der Waals surface area (Å²) in [6, 6.07) is 20.1. The Morgan fingerprint density at radius 2 is 1.59 bits per heavy atom. The van der Waals surface area contributed by atoms with E-state index < -0.39 is 6.04 Å². The second-order valence-electron chi connectivity index (χ2n) is 6.49. The summed E-state index contributed by atoms with van der Waals surface area (Å²) in [4.78, 5) is 25.8. The van der Waals surface area contributed by atoms with Gasteiger partial charge in [0.15, 0.2) is 0 Å². The number of hydrogen-bond donors (Lipinski definition) is 2. The Labute approximate surface area is 174 Å². The largest absolute Gasteiger partial charge is 0.497 e. The van der Waals surface area contributed by atoms with Crippen molar-refractivity contribution in [2.24, 2.45) is 0 Å². The number of rotatable bonds is 6. The van der Waals surface area contributed by atoms with Crippen LogP contribution in [0.5, 0.6) is 5.75 Å². The number of hydrogen-bond acceptors (Lipinski definition) is 3. The molecule has 1 atom stereocenters. The summed E-state index contributed by atoms with van der Waals surface area (Å²) in [7, 11) is 1.56. The number of benzene rings is 3. The Morgan fingerprint density at radius 3 is 2.21 bits per heavy atom. The Balaban J connectivity index is 1.86. The first kappa shape index (κ1) is 20.4. The van der Waals surface area contributed by atoms with Gasteiger partial charge >= 0.3 is 0 Å². The molecule has 29 heavy (non-hydrogen) atoms. The fourth-order valence-corrected chi connectivity index (χ4v) is 2.96. The van der Waals surface area contributed by atoms with E-state index in [1.165, 1.54) is 0 Å². The van der Waals surface area contributed by atoms with E-state index in [-0.39, 0.29) is 11.8 Å². The van der Waals surface area contributed by atoms with Crippen LogP contribution in [-0.4, -0.2) is 18.9 Å². The smallest absolute Gasteiger partial charge is 0.252 e. The minimum absolute atomic E-state index is 0.344. The van der Waals surface area contributed by atoms with E-state index in [4.69, 9.17) is 16.3 Å². The summed E-state index contributed by atoms with van der Waals surface area (Å²) >= 11 is 5.98. The average Bonchev–Trinajstić information content (AvgIpc) is 2.74. The highest BCUT2D eigenvalue weighted by Crippen LogP contribution is 2.21. The minimum Gasteiger partial charge on any atom is -0.497 e. The number of carbonyl (C=O) groups is 2. The Morgan fingerprint density at radius 1 is 0.931 bits per heavy atom. The maximum absolute atomic E-state index is 13.0. The zero-order valence-corrected chi connectivity index (χ0v) is 16.9. The highest BCUT2D eigenvalue weighted by Gasteiger charge is 2.24. The van der Waals surface area contributed by atoms with Crippen LogP contribution in [0.3, 0.4) is 0 Å². The maximum Gasteiger partial charge on any atom is 0.252 e. The molecule has 3 aromatic rings. The summed E-state index contributed by atoms with van der Waals surface area (Å²) in [6.45, 7) is 1.91. The highest BCUT2D eigenvalue weighted by molar-refractivity contribution is 6.30. The van der Waals surface area contributed by atoms with Gasteiger partial charge in [-0.3, -0.25) is 9.59 Å². The Bertz CT molecular complexity index is 1000. The SMILES string of the molecule is COc1ccc(C(=O)N[C@H](C(=O)Nc2ccccc2C)c2ccc(Cl)cc2)cc1. The van der Waals surface area contributed by atoms with E-state index in [9.17, 15) is 9.59 Å². The van der Waals surface area contributed by atoms with Crippen molar-refractivity contribution in [3.05, 3.63) is 94.5 Å². The van der Waals surface area contributed by atoms with Crippen LogP contribution >= 0.6 is 11.6 Å². The van der Waals surface area contributed by atoms with Gasteiger partial charge in [-0.25, -0.2) is 0 Å². The van der Waals surface area contributed by atoms with E-state index in [0.717, 1.165) is 5.56 Å². The molecule has 0 unspecified atom stereocenters. The number of methoxy groups -OCH3 is 1. The number of anilines is 1. The molecule has 3 rings (SSSR count). The molecule has 0 aliphatic rings. The van der Waals surface area contributed by atoms with E-state index in [1.54, 1.807) is 55.6 Å². The van der Waals surface area contributed by atoms with Crippen LogP contribution in [0.2, 0.25) is 5.02 Å². The third-order valence-corrected chi connectivity index (χ3v) is 4.75. The summed E-state index contributed by atoms with van der Waals surface area (Å²) < 4.78 is 5.12. The van der Waals surface area contributed by atoms with Crippen LogP contribution in [0.1, 0.15) is 27.5 Å². The van der Waals surface area contributed by atoms with Crippen LogP contribution in [0.25, 0.3) is 0 Å². The molecule has 2 N–H and O–H groups in total. The first-order chi connectivity index (χ1) is 14.0. The van der Waals surface area contributed by atoms with Gasteiger partial charge in [-0.2, -0.15) is 0 Å². The fraction of sp³-hybridized carbons (Fsp3) is 0.130. The molecule has 0 fully saturated rings. The van der Waals surface area contributed by atoms with Gasteiger partial charge < -0.3 is 15.4 Å². The van der Waals surface area contributed by atoms with Gasteiger partial charge in [0.1, 0.15) is 11.8 Å². The summed E-state index contributed by atoms with van der Waals surface area (Å²) in [6.07, 6.45) is 0. The molecule has 0 saturated carbocycles. The standard InChI is InChI=1S/C23H21ClN2O3/c1-15-5-3-4-6-20(15)25-23(28)21(16-7-11-18(24)12-8-16)26-22(27)17-9-13-19(29-2)14-10-17/h3-14,21H,1-2H3,(H,25,28)(H,26,27)/t21-/m0/s1. The third-order valence-electron chi connectivity index (χ3n) is 4.50. The van der Waals surface area contributed by atoms with E-state index in [1.807, 2.05) is 31.2 Å². The van der Waals surface area contributed by atoms with Crippen LogP contribution in [0, 0.1) is 6.92 Å². The zero-order chi connectivity index (χ0) is 20.8. The van der Waals surface area contributed by atoms with Crippen molar-refractivity contribution in [1.29, 1.82) is 0 Å². The Kier molecular flexibility index (Phi) is 6.52. The lowest BCUT2D eigenvalue weighted by molar-refractivity contribution is -0.118. The van der Waals surface area contributed by atoms with Crippen LogP contribution in [-0.2, 0) is 4.79 Å². The quantitative estimate of drug-likeness (QED) is 0.617. The van der Waals surface area contributed by atoms with Crippen molar-refractivity contribution >= 4 is 29.1 Å². The molecular weight excluding hydrogens is 388 g/mol. The molecule has 3 aromatic carbocycles. The lowest BCUT2D eigenvalue weighted by Crippen LogP contribution is -2.37. The van der Waals surface area contributed by atoms with Gasteiger partial charge in [0.2, 0.25) is 0 Å². The number of nitrogens with one attached hydrogen (secondary N) is 2. The monoisotopic (exact) mass is 408 g/mol. The lowest BCUT2D eigenvalue weighted by Gasteiger charge is -2.20. The van der Waals surface area contributed by atoms with Crippen molar-refractivity contribution < 1.29 is 14.3 Å². The molecule has 0 aromatic heterocycles. The molecule has 148 valence electrons. The van der Waals surface area contributed by atoms with Crippen LogP contribution in [0.4, 0.5) is 5.69 Å². The minimum atomic E-state index is -0.888. The van der Waals surface area contributed by atoms with Crippen LogP contribution < -0.4 is 15.4 Å². The highest BCUT2D eigenvalue weighted by atomic mass is 35.5. The van der Waals surface area contributed by atoms with Crippen molar-refractivity contribution in [2.45, 2.75) is 13.0 Å². The van der Waals surface area contributed by atoms with Gasteiger partial charge in [-0.15, -0.1) is 0 Å². The van der Waals surface area contributed by atoms with Gasteiger partial charge in [0.05, 0.1) is 7.11 Å². The third kappa shape index (κ3) is 5.15. The van der Waals surface area contributed by atoms with Gasteiger partial charge in [-0.05, 0) is 60.5 Å². The molecular formula is C23H21ClN2O3. The summed E-state index contributed by atoms with van der Waals surface area (Å²) in [5.74, 6) is -0.0656. The molecule has 0 heterocycles. The first-order valence-corrected chi connectivity index (χ1v) is 9.42. The summed E-state index contributed by atoms with van der Waals surface area (Å²) in [5, 5.41) is 6.25. The second kappa shape index (κ2) is 9.26. The second-order valence-corrected chi connectivity index (χ2v) is 6.93. The number of amides is 2. The van der Waals surface area contributed by atoms with Crippen molar-refractivity contribution in [1.82, 2.24) is 5.32 Å². The molecule has 0 radical (unpaired) electrons. The van der Waals surface area contributed by atoms with Crippen molar-refractivity contribution in [3.63, 3.8) is 0 Å².